The zero-order valence-corrected chi connectivity index (χ0v) is 13.4. The Morgan fingerprint density at radius 2 is 1.86 bits per heavy atom. The normalized spacial score (nSPS) is 12.0. The van der Waals surface area contributed by atoms with Gasteiger partial charge in [0.25, 0.3) is 5.69 Å². The van der Waals surface area contributed by atoms with Crippen LogP contribution < -0.4 is 5.73 Å². The summed E-state index contributed by atoms with van der Waals surface area (Å²) in [5.74, 6) is 0.420. The van der Waals surface area contributed by atoms with E-state index in [2.05, 4.69) is 15.9 Å². The molecule has 2 N–H and O–H groups in total. The lowest BCUT2D eigenvalue weighted by Crippen LogP contribution is -2.04. The predicted molar refractivity (Wildman–Crippen MR) is 86.6 cm³/mol. The van der Waals surface area contributed by atoms with Crippen molar-refractivity contribution in [1.29, 1.82) is 0 Å². The van der Waals surface area contributed by atoms with E-state index in [1.165, 1.54) is 12.1 Å². The van der Waals surface area contributed by atoms with Crippen LogP contribution in [0, 0.1) is 10.1 Å². The number of nitro groups is 1. The highest BCUT2D eigenvalue weighted by atomic mass is 79.9. The van der Waals surface area contributed by atoms with Gasteiger partial charge in [0, 0.05) is 28.0 Å². The molecule has 7 heteroatoms. The van der Waals surface area contributed by atoms with Crippen LogP contribution in [0.5, 0.6) is 0 Å². The summed E-state index contributed by atoms with van der Waals surface area (Å²) in [6.45, 7) is 0. The maximum atomic E-state index is 12.2. The first kappa shape index (κ1) is 15.7. The molecule has 0 aliphatic heterocycles. The molecule has 0 bridgehead atoms. The first-order valence-corrected chi connectivity index (χ1v) is 8.25. The largest absolute Gasteiger partial charge is 0.398 e. The van der Waals surface area contributed by atoms with E-state index >= 15 is 0 Å². The lowest BCUT2D eigenvalue weighted by molar-refractivity contribution is -0.384. The van der Waals surface area contributed by atoms with Crippen molar-refractivity contribution in [2.24, 2.45) is 0 Å². The quantitative estimate of drug-likeness (QED) is 0.498. The van der Waals surface area contributed by atoms with Crippen molar-refractivity contribution in [3.05, 3.63) is 62.6 Å². The Morgan fingerprint density at radius 3 is 2.43 bits per heavy atom. The number of aryl methyl sites for hydroxylation is 1. The minimum atomic E-state index is -1.20. The molecular weight excluding hydrogens is 356 g/mol. The smallest absolute Gasteiger partial charge is 0.269 e. The van der Waals surface area contributed by atoms with Gasteiger partial charge in [0.2, 0.25) is 0 Å². The van der Waals surface area contributed by atoms with E-state index in [1.807, 2.05) is 0 Å². The van der Waals surface area contributed by atoms with Gasteiger partial charge in [0.1, 0.15) is 0 Å². The van der Waals surface area contributed by atoms with Crippen LogP contribution in [0.25, 0.3) is 0 Å². The van der Waals surface area contributed by atoms with Gasteiger partial charge in [0.15, 0.2) is 0 Å². The number of hydrogen-bond donors (Lipinski definition) is 1. The predicted octanol–water partition coefficient (Wildman–Crippen LogP) is 3.29. The Bertz CT molecular complexity index is 689. The van der Waals surface area contributed by atoms with Gasteiger partial charge >= 0.3 is 0 Å². The van der Waals surface area contributed by atoms with Gasteiger partial charge in [-0.05, 0) is 30.2 Å². The second-order valence-electron chi connectivity index (χ2n) is 4.41. The Balaban J connectivity index is 2.02. The second-order valence-corrected chi connectivity index (χ2v) is 6.86. The van der Waals surface area contributed by atoms with Crippen molar-refractivity contribution in [3.63, 3.8) is 0 Å². The summed E-state index contributed by atoms with van der Waals surface area (Å²) in [6.07, 6.45) is 0.570. The first-order valence-electron chi connectivity index (χ1n) is 6.14. The van der Waals surface area contributed by atoms with E-state index in [0.717, 1.165) is 10.0 Å². The topological polar surface area (TPSA) is 86.2 Å². The van der Waals surface area contributed by atoms with E-state index in [0.29, 0.717) is 22.8 Å². The molecule has 0 aliphatic rings. The molecule has 2 aromatic rings. The molecule has 0 saturated heterocycles. The van der Waals surface area contributed by atoms with Crippen molar-refractivity contribution in [3.8, 4) is 0 Å². The molecular formula is C14H13BrN2O3S. The van der Waals surface area contributed by atoms with Crippen molar-refractivity contribution >= 4 is 38.1 Å². The van der Waals surface area contributed by atoms with Crippen LogP contribution in [0.15, 0.2) is 51.8 Å². The third kappa shape index (κ3) is 4.12. The average Bonchev–Trinajstić information content (AvgIpc) is 2.45. The van der Waals surface area contributed by atoms with Crippen molar-refractivity contribution in [2.75, 3.05) is 11.5 Å². The lowest BCUT2D eigenvalue weighted by atomic mass is 10.1. The Labute approximate surface area is 132 Å². The monoisotopic (exact) mass is 368 g/mol. The van der Waals surface area contributed by atoms with Crippen LogP contribution in [0.2, 0.25) is 0 Å². The first-order chi connectivity index (χ1) is 9.97. The maximum Gasteiger partial charge on any atom is 0.269 e. The third-order valence-corrected chi connectivity index (χ3v) is 4.87. The van der Waals surface area contributed by atoms with E-state index in [-0.39, 0.29) is 5.69 Å². The second kappa shape index (κ2) is 6.82. The Hall–Kier alpha value is -1.73. The fourth-order valence-electron chi connectivity index (χ4n) is 1.83. The van der Waals surface area contributed by atoms with E-state index < -0.39 is 15.7 Å². The molecule has 5 nitrogen and oxygen atoms in total. The fraction of sp³-hybridized carbons (Fsp3) is 0.143. The minimum absolute atomic E-state index is 0.0528. The number of nitro benzene ring substituents is 1. The zero-order chi connectivity index (χ0) is 15.4. The molecule has 0 saturated carbocycles. The average molecular weight is 369 g/mol. The molecule has 2 aromatic carbocycles. The van der Waals surface area contributed by atoms with Crippen LogP contribution in [-0.4, -0.2) is 14.9 Å². The molecule has 1 atom stereocenters. The molecule has 0 radical (unpaired) electrons. The summed E-state index contributed by atoms with van der Waals surface area (Å²) in [6, 6.07) is 11.5. The number of halogens is 1. The number of hydrogen-bond acceptors (Lipinski definition) is 4. The van der Waals surface area contributed by atoms with Crippen LogP contribution in [0.4, 0.5) is 11.4 Å². The van der Waals surface area contributed by atoms with Crippen LogP contribution in [-0.2, 0) is 17.2 Å². The molecule has 0 aliphatic carbocycles. The van der Waals surface area contributed by atoms with E-state index in [4.69, 9.17) is 5.73 Å². The molecule has 0 amide bonds. The van der Waals surface area contributed by atoms with Crippen molar-refractivity contribution in [1.82, 2.24) is 0 Å². The molecule has 1 unspecified atom stereocenters. The third-order valence-electron chi connectivity index (χ3n) is 2.94. The number of nitrogen functional groups attached to an aromatic ring is 1. The number of benzene rings is 2. The Morgan fingerprint density at radius 1 is 1.19 bits per heavy atom. The summed E-state index contributed by atoms with van der Waals surface area (Å²) in [5, 5.41) is 10.6. The van der Waals surface area contributed by atoms with Gasteiger partial charge in [-0.25, -0.2) is 0 Å². The van der Waals surface area contributed by atoms with Gasteiger partial charge in [0.05, 0.1) is 20.6 Å². The number of nitrogens with zero attached hydrogens (tertiary/aromatic N) is 1. The summed E-state index contributed by atoms with van der Waals surface area (Å²) in [5.41, 5.74) is 7.30. The number of anilines is 1. The summed E-state index contributed by atoms with van der Waals surface area (Å²) >= 11 is 3.31. The molecule has 21 heavy (non-hydrogen) atoms. The van der Waals surface area contributed by atoms with Gasteiger partial charge in [-0.1, -0.05) is 28.1 Å². The number of rotatable bonds is 5. The highest BCUT2D eigenvalue weighted by molar-refractivity contribution is 9.10. The summed E-state index contributed by atoms with van der Waals surface area (Å²) in [7, 11) is -1.20. The van der Waals surface area contributed by atoms with Crippen LogP contribution in [0.3, 0.4) is 0 Å². The molecule has 0 heterocycles. The number of non-ortho nitro benzene ring substituents is 1. The number of nitrogens with two attached hydrogens (primary N) is 1. The van der Waals surface area contributed by atoms with Gasteiger partial charge in [-0.15, -0.1) is 0 Å². The molecule has 0 aromatic heterocycles. The molecule has 0 fully saturated rings. The fourth-order valence-corrected chi connectivity index (χ4v) is 3.39. The van der Waals surface area contributed by atoms with Gasteiger partial charge < -0.3 is 5.73 Å². The molecule has 110 valence electrons. The van der Waals surface area contributed by atoms with Crippen LogP contribution >= 0.6 is 15.9 Å². The molecule has 2 rings (SSSR count). The standard InChI is InChI=1S/C14H13BrN2O3S/c15-11-3-6-14(13(16)9-11)21(20)8-7-10-1-4-12(5-2-10)17(18)19/h1-6,9H,7-8,16H2. The van der Waals surface area contributed by atoms with Crippen molar-refractivity contribution < 1.29 is 9.13 Å². The van der Waals surface area contributed by atoms with Crippen molar-refractivity contribution in [2.45, 2.75) is 11.3 Å². The molecule has 0 spiro atoms. The van der Waals surface area contributed by atoms with Gasteiger partial charge in [-0.3, -0.25) is 14.3 Å². The Kier molecular flexibility index (Phi) is 5.08. The van der Waals surface area contributed by atoms with E-state index in [9.17, 15) is 14.3 Å². The summed E-state index contributed by atoms with van der Waals surface area (Å²) in [4.78, 5) is 10.7. The zero-order valence-electron chi connectivity index (χ0n) is 11.0. The SMILES string of the molecule is Nc1cc(Br)ccc1S(=O)CCc1ccc([N+](=O)[O-])cc1. The van der Waals surface area contributed by atoms with E-state index in [1.54, 1.807) is 30.3 Å². The van der Waals surface area contributed by atoms with Gasteiger partial charge in [-0.2, -0.15) is 0 Å². The maximum absolute atomic E-state index is 12.2. The minimum Gasteiger partial charge on any atom is -0.398 e. The lowest BCUT2D eigenvalue weighted by Gasteiger charge is -2.06. The highest BCUT2D eigenvalue weighted by Crippen LogP contribution is 2.22. The summed E-state index contributed by atoms with van der Waals surface area (Å²) < 4.78 is 13.1. The van der Waals surface area contributed by atoms with Crippen LogP contribution in [0.1, 0.15) is 5.56 Å². The highest BCUT2D eigenvalue weighted by Gasteiger charge is 2.09.